The van der Waals surface area contributed by atoms with Gasteiger partial charge < -0.3 is 15.3 Å². The Balaban J connectivity index is 1.20. The number of anilines is 2. The Morgan fingerprint density at radius 3 is 1.80 bits per heavy atom. The van der Waals surface area contributed by atoms with Gasteiger partial charge >= 0.3 is 0 Å². The van der Waals surface area contributed by atoms with Gasteiger partial charge in [-0.05, 0) is 72.8 Å². The van der Waals surface area contributed by atoms with Crippen LogP contribution in [-0.2, 0) is 0 Å². The SMILES string of the molecule is Sc1ccc2c(c1)[nH]c1cc3c(cc12)[nH]c1cc(Sc2ccc(Nc4ccccc4)cc2)ccc13. The van der Waals surface area contributed by atoms with Crippen LogP contribution in [0, 0.1) is 0 Å². The van der Waals surface area contributed by atoms with Crippen molar-refractivity contribution in [3.05, 3.63) is 103 Å². The normalized spacial score (nSPS) is 11.7. The summed E-state index contributed by atoms with van der Waals surface area (Å²) in [6.45, 7) is 0. The van der Waals surface area contributed by atoms with E-state index in [-0.39, 0.29) is 0 Å². The first-order valence-electron chi connectivity index (χ1n) is 11.5. The van der Waals surface area contributed by atoms with Crippen molar-refractivity contribution in [3.63, 3.8) is 0 Å². The van der Waals surface area contributed by atoms with Gasteiger partial charge in [-0.2, -0.15) is 0 Å². The maximum Gasteiger partial charge on any atom is 0.0476 e. The van der Waals surface area contributed by atoms with Crippen LogP contribution in [0.5, 0.6) is 0 Å². The predicted molar refractivity (Wildman–Crippen MR) is 153 cm³/mol. The third-order valence-corrected chi connectivity index (χ3v) is 7.70. The molecule has 0 saturated heterocycles. The van der Waals surface area contributed by atoms with Crippen LogP contribution < -0.4 is 5.32 Å². The monoisotopic (exact) mass is 487 g/mol. The van der Waals surface area contributed by atoms with Crippen molar-refractivity contribution in [2.75, 3.05) is 5.32 Å². The molecular formula is C30H21N3S2. The summed E-state index contributed by atoms with van der Waals surface area (Å²) < 4.78 is 0. The molecule has 0 unspecified atom stereocenters. The summed E-state index contributed by atoms with van der Waals surface area (Å²) in [7, 11) is 0. The van der Waals surface area contributed by atoms with Crippen LogP contribution in [0.2, 0.25) is 0 Å². The highest BCUT2D eigenvalue weighted by Gasteiger charge is 2.11. The first-order valence-corrected chi connectivity index (χ1v) is 12.8. The predicted octanol–water partition coefficient (Wildman–Crippen LogP) is 9.14. The van der Waals surface area contributed by atoms with Gasteiger partial charge in [0.05, 0.1) is 0 Å². The standard InChI is InChI=1S/C30H21N3S2/c34-20-8-12-23-25-16-30-26(17-29(25)32-27(23)14-20)24-13-11-22(15-28(24)33-30)35-21-9-6-19(7-10-21)31-18-4-2-1-3-5-18/h1-17,31-34H. The van der Waals surface area contributed by atoms with Crippen molar-refractivity contribution < 1.29 is 0 Å². The zero-order chi connectivity index (χ0) is 23.4. The first-order chi connectivity index (χ1) is 17.2. The van der Waals surface area contributed by atoms with Crippen molar-refractivity contribution >= 4 is 79.4 Å². The molecule has 0 spiro atoms. The van der Waals surface area contributed by atoms with Gasteiger partial charge in [-0.3, -0.25) is 0 Å². The molecule has 7 rings (SSSR count). The quantitative estimate of drug-likeness (QED) is 0.187. The lowest BCUT2D eigenvalue weighted by Crippen LogP contribution is -1.88. The van der Waals surface area contributed by atoms with Gasteiger partial charge in [0.2, 0.25) is 0 Å². The van der Waals surface area contributed by atoms with Crippen LogP contribution >= 0.6 is 24.4 Å². The zero-order valence-electron chi connectivity index (χ0n) is 18.7. The Kier molecular flexibility index (Phi) is 4.79. The second-order valence-corrected chi connectivity index (χ2v) is 10.4. The smallest absolute Gasteiger partial charge is 0.0476 e. The highest BCUT2D eigenvalue weighted by atomic mass is 32.2. The Hall–Kier alpha value is -3.80. The lowest BCUT2D eigenvalue weighted by atomic mass is 10.1. The van der Waals surface area contributed by atoms with E-state index in [1.807, 2.05) is 24.3 Å². The molecule has 0 atom stereocenters. The maximum atomic E-state index is 4.48. The molecule has 0 aliphatic carbocycles. The molecule has 168 valence electrons. The second-order valence-electron chi connectivity index (χ2n) is 8.75. The van der Waals surface area contributed by atoms with E-state index in [9.17, 15) is 0 Å². The molecule has 2 aromatic heterocycles. The lowest BCUT2D eigenvalue weighted by Gasteiger charge is -2.07. The number of fused-ring (bicyclic) bond motifs is 6. The summed E-state index contributed by atoms with van der Waals surface area (Å²) in [5, 5.41) is 8.36. The van der Waals surface area contributed by atoms with Crippen LogP contribution in [0.3, 0.4) is 0 Å². The van der Waals surface area contributed by atoms with Crippen LogP contribution in [0.1, 0.15) is 0 Å². The number of para-hydroxylation sites is 1. The fourth-order valence-electron chi connectivity index (χ4n) is 4.77. The Bertz CT molecular complexity index is 1850. The second kappa shape index (κ2) is 8.15. The molecule has 0 saturated carbocycles. The van der Waals surface area contributed by atoms with Gasteiger partial charge in [0.1, 0.15) is 0 Å². The highest BCUT2D eigenvalue weighted by Crippen LogP contribution is 2.36. The van der Waals surface area contributed by atoms with Gasteiger partial charge in [-0.25, -0.2) is 0 Å². The number of hydrogen-bond donors (Lipinski definition) is 4. The van der Waals surface area contributed by atoms with Crippen molar-refractivity contribution in [1.29, 1.82) is 0 Å². The van der Waals surface area contributed by atoms with E-state index in [0.717, 1.165) is 38.3 Å². The van der Waals surface area contributed by atoms with E-state index in [1.54, 1.807) is 11.8 Å². The molecule has 0 amide bonds. The molecule has 0 radical (unpaired) electrons. The molecule has 0 fully saturated rings. The molecule has 3 nitrogen and oxygen atoms in total. The van der Waals surface area contributed by atoms with Gasteiger partial charge in [-0.15, -0.1) is 12.6 Å². The van der Waals surface area contributed by atoms with Crippen molar-refractivity contribution in [2.24, 2.45) is 0 Å². The largest absolute Gasteiger partial charge is 0.356 e. The van der Waals surface area contributed by atoms with Gasteiger partial charge in [0, 0.05) is 69.7 Å². The Morgan fingerprint density at radius 1 is 0.514 bits per heavy atom. The summed E-state index contributed by atoms with van der Waals surface area (Å²) >= 11 is 6.26. The first kappa shape index (κ1) is 20.6. The van der Waals surface area contributed by atoms with Crippen molar-refractivity contribution in [1.82, 2.24) is 9.97 Å². The van der Waals surface area contributed by atoms with E-state index in [0.29, 0.717) is 0 Å². The molecule has 3 N–H and O–H groups in total. The summed E-state index contributed by atoms with van der Waals surface area (Å²) in [4.78, 5) is 10.6. The minimum absolute atomic E-state index is 0.965. The molecular weight excluding hydrogens is 466 g/mol. The molecule has 0 aliphatic heterocycles. The zero-order valence-corrected chi connectivity index (χ0v) is 20.4. The molecule has 5 heteroatoms. The number of benzene rings is 5. The summed E-state index contributed by atoms with van der Waals surface area (Å²) in [5.41, 5.74) is 6.75. The molecule has 0 bridgehead atoms. The minimum Gasteiger partial charge on any atom is -0.356 e. The van der Waals surface area contributed by atoms with E-state index >= 15 is 0 Å². The fraction of sp³-hybridized carbons (Fsp3) is 0. The topological polar surface area (TPSA) is 43.6 Å². The number of H-pyrrole nitrogens is 2. The lowest BCUT2D eigenvalue weighted by molar-refractivity contribution is 1.40. The van der Waals surface area contributed by atoms with E-state index in [4.69, 9.17) is 0 Å². The highest BCUT2D eigenvalue weighted by molar-refractivity contribution is 7.99. The number of aromatic nitrogens is 2. The summed E-state index contributed by atoms with van der Waals surface area (Å²) in [6.07, 6.45) is 0. The van der Waals surface area contributed by atoms with Crippen molar-refractivity contribution in [3.8, 4) is 0 Å². The molecule has 35 heavy (non-hydrogen) atoms. The van der Waals surface area contributed by atoms with E-state index < -0.39 is 0 Å². The molecule has 5 aromatic carbocycles. The Morgan fingerprint density at radius 2 is 1.09 bits per heavy atom. The van der Waals surface area contributed by atoms with Crippen LogP contribution in [-0.4, -0.2) is 9.97 Å². The van der Waals surface area contributed by atoms with Crippen LogP contribution in [0.25, 0.3) is 43.6 Å². The van der Waals surface area contributed by atoms with Gasteiger partial charge in [-0.1, -0.05) is 42.1 Å². The summed E-state index contributed by atoms with van der Waals surface area (Å²) in [5.74, 6) is 0. The van der Waals surface area contributed by atoms with Gasteiger partial charge in [0.25, 0.3) is 0 Å². The molecule has 7 aromatic rings. The number of thiol groups is 1. The summed E-state index contributed by atoms with van der Waals surface area (Å²) in [6, 6.07) is 36.3. The number of nitrogens with one attached hydrogen (secondary N) is 3. The Labute approximate surface area is 212 Å². The number of aromatic amines is 2. The maximum absolute atomic E-state index is 4.48. The molecule has 0 aliphatic rings. The number of rotatable bonds is 4. The fourth-order valence-corrected chi connectivity index (χ4v) is 5.83. The average molecular weight is 488 g/mol. The third kappa shape index (κ3) is 3.73. The van der Waals surface area contributed by atoms with E-state index in [2.05, 4.69) is 107 Å². The third-order valence-electron chi connectivity index (χ3n) is 6.42. The molecule has 2 heterocycles. The van der Waals surface area contributed by atoms with Crippen molar-refractivity contribution in [2.45, 2.75) is 14.7 Å². The number of hydrogen-bond acceptors (Lipinski definition) is 3. The van der Waals surface area contributed by atoms with Crippen LogP contribution in [0.15, 0.2) is 118 Å². The minimum atomic E-state index is 0.965. The van der Waals surface area contributed by atoms with E-state index in [1.165, 1.54) is 31.3 Å². The average Bonchev–Trinajstić information content (AvgIpc) is 3.40. The van der Waals surface area contributed by atoms with Crippen LogP contribution in [0.4, 0.5) is 11.4 Å². The van der Waals surface area contributed by atoms with Gasteiger partial charge in [0.15, 0.2) is 0 Å².